The molecule has 0 aromatic heterocycles. The molecule has 0 radical (unpaired) electrons. The molecule has 0 bridgehead atoms. The molecule has 25 heavy (non-hydrogen) atoms. The summed E-state index contributed by atoms with van der Waals surface area (Å²) in [6.45, 7) is -0.0664. The summed E-state index contributed by atoms with van der Waals surface area (Å²) in [7, 11) is -3.52. The highest BCUT2D eigenvalue weighted by Crippen LogP contribution is 2.35. The van der Waals surface area contributed by atoms with Crippen molar-refractivity contribution in [1.82, 2.24) is 0 Å². The van der Waals surface area contributed by atoms with E-state index in [0.717, 1.165) is 11.2 Å². The summed E-state index contributed by atoms with van der Waals surface area (Å²) in [6, 6.07) is 14.2. The molecule has 0 spiro atoms. The van der Waals surface area contributed by atoms with Gasteiger partial charge in [-0.25, -0.2) is 8.42 Å². The fourth-order valence-electron chi connectivity index (χ4n) is 2.61. The molecule has 1 aliphatic heterocycles. The molecule has 132 valence electrons. The van der Waals surface area contributed by atoms with E-state index < -0.39 is 16.1 Å². The smallest absolute Gasteiger partial charge is 0.267 e. The lowest BCUT2D eigenvalue weighted by molar-refractivity contribution is -0.122. The Morgan fingerprint density at radius 2 is 1.88 bits per heavy atom. The molecule has 2 aromatic carbocycles. The minimum Gasteiger partial charge on any atom is -0.476 e. The highest BCUT2D eigenvalue weighted by molar-refractivity contribution is 7.98. The molecule has 0 fully saturated rings. The first-order valence-electron chi connectivity index (χ1n) is 7.57. The Morgan fingerprint density at radius 3 is 2.60 bits per heavy atom. The molecule has 0 unspecified atom stereocenters. The van der Waals surface area contributed by atoms with Crippen molar-refractivity contribution in [3.8, 4) is 5.75 Å². The van der Waals surface area contributed by atoms with Gasteiger partial charge in [-0.05, 0) is 30.5 Å². The minimum atomic E-state index is -3.52. The fourth-order valence-corrected chi connectivity index (χ4v) is 4.08. The number of carbonyl (C=O) groups excluding carboxylic acids is 1. The topological polar surface area (TPSA) is 75.7 Å². The first-order valence-corrected chi connectivity index (χ1v) is 10.6. The largest absolute Gasteiger partial charge is 0.476 e. The van der Waals surface area contributed by atoms with Gasteiger partial charge in [-0.2, -0.15) is 0 Å². The van der Waals surface area contributed by atoms with Crippen LogP contribution in [-0.2, 0) is 14.8 Å². The first kappa shape index (κ1) is 17.6. The highest BCUT2D eigenvalue weighted by atomic mass is 32.2. The zero-order valence-corrected chi connectivity index (χ0v) is 15.4. The van der Waals surface area contributed by atoms with Gasteiger partial charge in [0, 0.05) is 4.90 Å². The lowest BCUT2D eigenvalue weighted by Gasteiger charge is -2.33. The maximum absolute atomic E-state index is 12.7. The number of nitrogens with one attached hydrogen (secondary N) is 1. The Labute approximate surface area is 151 Å². The molecule has 8 heteroatoms. The van der Waals surface area contributed by atoms with Gasteiger partial charge in [0.25, 0.3) is 5.91 Å². The van der Waals surface area contributed by atoms with Crippen LogP contribution in [0.3, 0.4) is 0 Å². The molecule has 1 heterocycles. The molecule has 2 aromatic rings. The van der Waals surface area contributed by atoms with Gasteiger partial charge in [0.2, 0.25) is 10.0 Å². The van der Waals surface area contributed by atoms with Crippen LogP contribution in [0.2, 0.25) is 0 Å². The van der Waals surface area contributed by atoms with E-state index in [9.17, 15) is 13.2 Å². The Hall–Kier alpha value is -2.19. The number of thioether (sulfide) groups is 1. The van der Waals surface area contributed by atoms with Crippen molar-refractivity contribution in [2.45, 2.75) is 11.0 Å². The monoisotopic (exact) mass is 378 g/mol. The average molecular weight is 378 g/mol. The Balaban J connectivity index is 1.87. The second-order valence-corrected chi connectivity index (χ2v) is 8.31. The molecule has 0 saturated carbocycles. The number of carbonyl (C=O) groups is 1. The summed E-state index contributed by atoms with van der Waals surface area (Å²) in [6.07, 6.45) is 2.11. The van der Waals surface area contributed by atoms with Crippen molar-refractivity contribution in [3.63, 3.8) is 0 Å². The van der Waals surface area contributed by atoms with Crippen LogP contribution in [0.5, 0.6) is 5.75 Å². The van der Waals surface area contributed by atoms with Gasteiger partial charge in [-0.15, -0.1) is 11.8 Å². The Morgan fingerprint density at radius 1 is 1.20 bits per heavy atom. The summed E-state index contributed by atoms with van der Waals surface area (Å²) in [4.78, 5) is 13.6. The third-order valence-electron chi connectivity index (χ3n) is 3.79. The SMILES string of the molecule is CSc1ccccc1NC(=O)[C@@H]1CN(S(C)(=O)=O)c2ccccc2O1. The van der Waals surface area contributed by atoms with E-state index in [0.29, 0.717) is 17.1 Å². The van der Waals surface area contributed by atoms with Crippen LogP contribution in [-0.4, -0.2) is 39.5 Å². The minimum absolute atomic E-state index is 0.0664. The van der Waals surface area contributed by atoms with E-state index in [1.165, 1.54) is 16.1 Å². The molecule has 0 saturated heterocycles. The third-order valence-corrected chi connectivity index (χ3v) is 5.73. The zero-order valence-electron chi connectivity index (χ0n) is 13.8. The lowest BCUT2D eigenvalue weighted by atomic mass is 10.2. The average Bonchev–Trinajstić information content (AvgIpc) is 2.60. The van der Waals surface area contributed by atoms with Crippen molar-refractivity contribution in [2.24, 2.45) is 0 Å². The number of fused-ring (bicyclic) bond motifs is 1. The van der Waals surface area contributed by atoms with E-state index in [1.807, 2.05) is 24.5 Å². The van der Waals surface area contributed by atoms with Crippen LogP contribution < -0.4 is 14.4 Å². The van der Waals surface area contributed by atoms with Gasteiger partial charge in [0.1, 0.15) is 5.75 Å². The molecule has 6 nitrogen and oxygen atoms in total. The van der Waals surface area contributed by atoms with Gasteiger partial charge < -0.3 is 10.1 Å². The molecular formula is C17H18N2O4S2. The van der Waals surface area contributed by atoms with Gasteiger partial charge in [-0.1, -0.05) is 24.3 Å². The number of rotatable bonds is 4. The van der Waals surface area contributed by atoms with Gasteiger partial charge in [0.15, 0.2) is 6.10 Å². The molecule has 1 aliphatic rings. The van der Waals surface area contributed by atoms with Crippen LogP contribution in [0.1, 0.15) is 0 Å². The van der Waals surface area contributed by atoms with E-state index in [-0.39, 0.29) is 12.5 Å². The molecule has 1 N–H and O–H groups in total. The van der Waals surface area contributed by atoms with Crippen molar-refractivity contribution >= 4 is 39.1 Å². The Kier molecular flexibility index (Phi) is 4.91. The number of amides is 1. The van der Waals surface area contributed by atoms with Gasteiger partial charge in [0.05, 0.1) is 24.2 Å². The van der Waals surface area contributed by atoms with Crippen molar-refractivity contribution in [3.05, 3.63) is 48.5 Å². The van der Waals surface area contributed by atoms with Crippen LogP contribution in [0.4, 0.5) is 11.4 Å². The molecular weight excluding hydrogens is 360 g/mol. The molecule has 1 atom stereocenters. The number of hydrogen-bond acceptors (Lipinski definition) is 5. The summed E-state index contributed by atoms with van der Waals surface area (Å²) in [5, 5.41) is 2.83. The third kappa shape index (κ3) is 3.74. The van der Waals surface area contributed by atoms with E-state index in [4.69, 9.17) is 4.74 Å². The van der Waals surface area contributed by atoms with Gasteiger partial charge in [-0.3, -0.25) is 9.10 Å². The second-order valence-electron chi connectivity index (χ2n) is 5.56. The number of para-hydroxylation sites is 3. The van der Waals surface area contributed by atoms with Crippen molar-refractivity contribution < 1.29 is 17.9 Å². The van der Waals surface area contributed by atoms with Crippen LogP contribution >= 0.6 is 11.8 Å². The molecule has 3 rings (SSSR count). The quantitative estimate of drug-likeness (QED) is 0.828. The summed E-state index contributed by atoms with van der Waals surface area (Å²) >= 11 is 1.52. The zero-order chi connectivity index (χ0) is 18.0. The predicted molar refractivity (Wildman–Crippen MR) is 99.9 cm³/mol. The maximum Gasteiger partial charge on any atom is 0.267 e. The number of ether oxygens (including phenoxy) is 1. The lowest BCUT2D eigenvalue weighted by Crippen LogP contribution is -2.48. The van der Waals surface area contributed by atoms with Crippen LogP contribution in [0.15, 0.2) is 53.4 Å². The van der Waals surface area contributed by atoms with Crippen molar-refractivity contribution in [2.75, 3.05) is 28.7 Å². The normalized spacial score (nSPS) is 16.7. The second kappa shape index (κ2) is 6.97. The maximum atomic E-state index is 12.7. The first-order chi connectivity index (χ1) is 11.9. The number of hydrogen-bond donors (Lipinski definition) is 1. The van der Waals surface area contributed by atoms with Crippen LogP contribution in [0.25, 0.3) is 0 Å². The van der Waals surface area contributed by atoms with E-state index in [1.54, 1.807) is 30.3 Å². The van der Waals surface area contributed by atoms with Crippen LogP contribution in [0, 0.1) is 0 Å². The Bertz CT molecular complexity index is 899. The number of benzene rings is 2. The number of nitrogens with zero attached hydrogens (tertiary/aromatic N) is 1. The molecule has 0 aliphatic carbocycles. The summed E-state index contributed by atoms with van der Waals surface area (Å²) in [5.41, 5.74) is 1.12. The summed E-state index contributed by atoms with van der Waals surface area (Å²) in [5.74, 6) is -0.0119. The van der Waals surface area contributed by atoms with Gasteiger partial charge >= 0.3 is 0 Å². The van der Waals surface area contributed by atoms with Crippen molar-refractivity contribution in [1.29, 1.82) is 0 Å². The number of anilines is 2. The predicted octanol–water partition coefficient (Wildman–Crippen LogP) is 2.57. The number of sulfonamides is 1. The standard InChI is InChI=1S/C17H18N2O4S2/c1-24-16-10-6-3-7-12(16)18-17(20)15-11-19(25(2,21)22)13-8-4-5-9-14(13)23-15/h3-10,15H,11H2,1-2H3,(H,18,20)/t15-/m0/s1. The summed E-state index contributed by atoms with van der Waals surface area (Å²) < 4.78 is 31.2. The van der Waals surface area contributed by atoms with E-state index in [2.05, 4.69) is 5.32 Å². The molecule has 1 amide bonds. The fraction of sp³-hybridized carbons (Fsp3) is 0.235. The highest BCUT2D eigenvalue weighted by Gasteiger charge is 2.35. The van der Waals surface area contributed by atoms with E-state index >= 15 is 0 Å².